The van der Waals surface area contributed by atoms with Gasteiger partial charge in [-0.2, -0.15) is 0 Å². The Kier molecular flexibility index (Phi) is 4.83. The number of ether oxygens (including phenoxy) is 1. The standard InChI is InChI=1S/C15H12F3NO4S/c1-10(20)11-5-4-6-12(9-11)19-24(21,22)14-8-3-2-7-13(14)23-15(16,17)18/h2-9,19H,1H3. The fraction of sp³-hybridized carbons (Fsp3) is 0.133. The monoisotopic (exact) mass is 359 g/mol. The van der Waals surface area contributed by atoms with Crippen molar-refractivity contribution in [3.05, 3.63) is 54.1 Å². The third-order valence-electron chi connectivity index (χ3n) is 2.89. The lowest BCUT2D eigenvalue weighted by Crippen LogP contribution is -2.21. The molecule has 0 fully saturated rings. The highest BCUT2D eigenvalue weighted by Crippen LogP contribution is 2.30. The van der Waals surface area contributed by atoms with Crippen LogP contribution in [0.5, 0.6) is 5.75 Å². The van der Waals surface area contributed by atoms with E-state index in [2.05, 4.69) is 9.46 Å². The Balaban J connectivity index is 2.38. The lowest BCUT2D eigenvalue weighted by Gasteiger charge is -2.14. The Morgan fingerprint density at radius 3 is 2.38 bits per heavy atom. The van der Waals surface area contributed by atoms with Crippen molar-refractivity contribution in [3.63, 3.8) is 0 Å². The van der Waals surface area contributed by atoms with E-state index in [4.69, 9.17) is 0 Å². The molecule has 0 heterocycles. The summed E-state index contributed by atoms with van der Waals surface area (Å²) in [6.45, 7) is 1.31. The Labute approximate surface area is 136 Å². The molecule has 2 aromatic rings. The van der Waals surface area contributed by atoms with Crippen molar-refractivity contribution in [2.75, 3.05) is 4.72 Å². The summed E-state index contributed by atoms with van der Waals surface area (Å²) in [7, 11) is -4.35. The van der Waals surface area contributed by atoms with Gasteiger partial charge in [0.1, 0.15) is 10.6 Å². The molecule has 0 radical (unpaired) electrons. The first-order chi connectivity index (χ1) is 11.1. The first-order valence-corrected chi connectivity index (χ1v) is 8.05. The van der Waals surface area contributed by atoms with E-state index in [-0.39, 0.29) is 17.0 Å². The normalized spacial score (nSPS) is 11.8. The molecule has 0 atom stereocenters. The molecule has 0 bridgehead atoms. The summed E-state index contributed by atoms with van der Waals surface area (Å²) in [5.41, 5.74) is 0.305. The molecule has 5 nitrogen and oxygen atoms in total. The maximum absolute atomic E-state index is 12.4. The number of nitrogens with one attached hydrogen (secondary N) is 1. The van der Waals surface area contributed by atoms with Crippen LogP contribution in [-0.4, -0.2) is 20.6 Å². The number of alkyl halides is 3. The van der Waals surface area contributed by atoms with Crippen molar-refractivity contribution < 1.29 is 31.1 Å². The number of hydrogen-bond acceptors (Lipinski definition) is 4. The number of hydrogen-bond donors (Lipinski definition) is 1. The molecule has 0 aromatic heterocycles. The SMILES string of the molecule is CC(=O)c1cccc(NS(=O)(=O)c2ccccc2OC(F)(F)F)c1. The van der Waals surface area contributed by atoms with Gasteiger partial charge in [-0.1, -0.05) is 24.3 Å². The number of carbonyl (C=O) groups excluding carboxylic acids is 1. The second-order valence-corrected chi connectivity index (χ2v) is 6.39. The fourth-order valence-corrected chi connectivity index (χ4v) is 3.07. The highest BCUT2D eigenvalue weighted by Gasteiger charge is 2.34. The van der Waals surface area contributed by atoms with Gasteiger partial charge in [-0.15, -0.1) is 13.2 Å². The first-order valence-electron chi connectivity index (χ1n) is 6.57. The molecule has 9 heteroatoms. The third-order valence-corrected chi connectivity index (χ3v) is 4.31. The summed E-state index contributed by atoms with van der Waals surface area (Å²) in [4.78, 5) is 10.7. The van der Waals surface area contributed by atoms with E-state index in [0.717, 1.165) is 12.1 Å². The van der Waals surface area contributed by atoms with Crippen LogP contribution in [0.3, 0.4) is 0 Å². The summed E-state index contributed by atoms with van der Waals surface area (Å²) in [6.07, 6.45) is -5.03. The minimum Gasteiger partial charge on any atom is -0.404 e. The average molecular weight is 359 g/mol. The number of carbonyl (C=O) groups is 1. The molecular weight excluding hydrogens is 347 g/mol. The Morgan fingerprint density at radius 1 is 1.08 bits per heavy atom. The van der Waals surface area contributed by atoms with Gasteiger partial charge in [0.05, 0.1) is 0 Å². The largest absolute Gasteiger partial charge is 0.573 e. The Morgan fingerprint density at radius 2 is 1.75 bits per heavy atom. The summed E-state index contributed by atoms with van der Waals surface area (Å²) in [5.74, 6) is -1.13. The van der Waals surface area contributed by atoms with E-state index in [0.29, 0.717) is 0 Å². The lowest BCUT2D eigenvalue weighted by atomic mass is 10.1. The van der Waals surface area contributed by atoms with Crippen molar-refractivity contribution >= 4 is 21.5 Å². The summed E-state index contributed by atoms with van der Waals surface area (Å²) in [6, 6.07) is 9.96. The molecule has 0 unspecified atom stereocenters. The molecule has 2 aromatic carbocycles. The van der Waals surface area contributed by atoms with Crippen molar-refractivity contribution in [3.8, 4) is 5.75 Å². The number of sulfonamides is 1. The maximum Gasteiger partial charge on any atom is 0.573 e. The van der Waals surface area contributed by atoms with Crippen molar-refractivity contribution in [1.29, 1.82) is 0 Å². The van der Waals surface area contributed by atoms with Gasteiger partial charge in [0, 0.05) is 11.3 Å². The van der Waals surface area contributed by atoms with Gasteiger partial charge in [0.25, 0.3) is 10.0 Å². The topological polar surface area (TPSA) is 72.5 Å². The number of anilines is 1. The zero-order valence-corrected chi connectivity index (χ0v) is 13.1. The first kappa shape index (κ1) is 17.8. The lowest BCUT2D eigenvalue weighted by molar-refractivity contribution is -0.275. The Bertz CT molecular complexity index is 863. The van der Waals surface area contributed by atoms with Crippen LogP contribution in [0.15, 0.2) is 53.4 Å². The smallest absolute Gasteiger partial charge is 0.404 e. The number of para-hydroxylation sites is 1. The molecule has 2 rings (SSSR count). The molecule has 128 valence electrons. The summed E-state index contributed by atoms with van der Waals surface area (Å²) in [5, 5.41) is 0. The summed E-state index contributed by atoms with van der Waals surface area (Å²) < 4.78 is 67.8. The third kappa shape index (κ3) is 4.48. The number of halogens is 3. The minimum atomic E-state index is -5.03. The highest BCUT2D eigenvalue weighted by atomic mass is 32.2. The zero-order valence-electron chi connectivity index (χ0n) is 12.3. The molecule has 0 saturated heterocycles. The van der Waals surface area contributed by atoms with Gasteiger partial charge in [-0.05, 0) is 31.2 Å². The van der Waals surface area contributed by atoms with E-state index < -0.39 is 27.0 Å². The van der Waals surface area contributed by atoms with Crippen molar-refractivity contribution in [2.24, 2.45) is 0 Å². The van der Waals surface area contributed by atoms with Crippen LogP contribution in [0.4, 0.5) is 18.9 Å². The van der Waals surface area contributed by atoms with Crippen molar-refractivity contribution in [1.82, 2.24) is 0 Å². The number of Topliss-reactive ketones (excluding diaryl/α,β-unsaturated/α-hetero) is 1. The number of ketones is 1. The molecule has 0 aliphatic carbocycles. The molecule has 0 saturated carbocycles. The second-order valence-electron chi connectivity index (χ2n) is 4.74. The Hall–Kier alpha value is -2.55. The molecule has 0 spiro atoms. The predicted molar refractivity (Wildman–Crippen MR) is 80.4 cm³/mol. The molecule has 0 amide bonds. The van der Waals surface area contributed by atoms with Crippen LogP contribution in [-0.2, 0) is 10.0 Å². The van der Waals surface area contributed by atoms with E-state index in [1.54, 1.807) is 0 Å². The van der Waals surface area contributed by atoms with E-state index in [9.17, 15) is 26.4 Å². The van der Waals surface area contributed by atoms with Crippen LogP contribution in [0.1, 0.15) is 17.3 Å². The van der Waals surface area contributed by atoms with E-state index in [1.807, 2.05) is 0 Å². The van der Waals surface area contributed by atoms with Gasteiger partial charge in [0.2, 0.25) is 0 Å². The van der Waals surface area contributed by atoms with Gasteiger partial charge in [0.15, 0.2) is 5.78 Å². The molecule has 24 heavy (non-hydrogen) atoms. The molecule has 1 N–H and O–H groups in total. The van der Waals surface area contributed by atoms with Gasteiger partial charge >= 0.3 is 6.36 Å². The molecular formula is C15H12F3NO4S. The van der Waals surface area contributed by atoms with Crippen LogP contribution < -0.4 is 9.46 Å². The van der Waals surface area contributed by atoms with Gasteiger partial charge in [-0.25, -0.2) is 8.42 Å². The quantitative estimate of drug-likeness (QED) is 0.828. The van der Waals surface area contributed by atoms with Gasteiger partial charge in [-0.3, -0.25) is 9.52 Å². The van der Waals surface area contributed by atoms with Crippen molar-refractivity contribution in [2.45, 2.75) is 18.2 Å². The van der Waals surface area contributed by atoms with E-state index in [1.165, 1.54) is 43.3 Å². The predicted octanol–water partition coefficient (Wildman–Crippen LogP) is 3.59. The number of benzene rings is 2. The summed E-state index contributed by atoms with van der Waals surface area (Å²) >= 11 is 0. The average Bonchev–Trinajstić information content (AvgIpc) is 2.45. The van der Waals surface area contributed by atoms with Crippen LogP contribution >= 0.6 is 0 Å². The second kappa shape index (κ2) is 6.52. The van der Waals surface area contributed by atoms with Crippen LogP contribution in [0.2, 0.25) is 0 Å². The number of rotatable bonds is 5. The molecule has 0 aliphatic heterocycles. The fourth-order valence-electron chi connectivity index (χ4n) is 1.89. The van der Waals surface area contributed by atoms with Gasteiger partial charge < -0.3 is 4.74 Å². The van der Waals surface area contributed by atoms with Crippen LogP contribution in [0, 0.1) is 0 Å². The van der Waals surface area contributed by atoms with Crippen LogP contribution in [0.25, 0.3) is 0 Å². The minimum absolute atomic E-state index is 0.0458. The highest BCUT2D eigenvalue weighted by molar-refractivity contribution is 7.92. The van der Waals surface area contributed by atoms with E-state index >= 15 is 0 Å². The molecule has 0 aliphatic rings. The zero-order chi connectivity index (χ0) is 18.0. The maximum atomic E-state index is 12.4.